The van der Waals surface area contributed by atoms with Gasteiger partial charge in [-0.15, -0.1) is 7.94 Å². The van der Waals surface area contributed by atoms with Gasteiger partial charge in [-0.1, -0.05) is 40.4 Å². The van der Waals surface area contributed by atoms with Crippen LogP contribution in [-0.2, 0) is 0 Å². The van der Waals surface area contributed by atoms with Crippen LogP contribution in [0.5, 0.6) is 0 Å². The smallest absolute Gasteiger partial charge is 0.00244 e. The second kappa shape index (κ2) is 3.79. The number of hydrogen-bond acceptors (Lipinski definition) is 0. The molecule has 0 spiro atoms. The molecule has 0 aromatic carbocycles. The summed E-state index contributed by atoms with van der Waals surface area (Å²) in [5.74, 6) is 0. The van der Waals surface area contributed by atoms with Gasteiger partial charge in [-0.3, -0.25) is 0 Å². The average Bonchev–Trinajstić information content (AvgIpc) is 1.90. The van der Waals surface area contributed by atoms with Gasteiger partial charge in [0.05, 0.1) is 0 Å². The molecule has 0 atom stereocenters. The van der Waals surface area contributed by atoms with E-state index in [1.807, 2.05) is 0 Å². The van der Waals surface area contributed by atoms with E-state index < -0.39 is 7.94 Å². The second-order valence-electron chi connectivity index (χ2n) is 5.07. The van der Waals surface area contributed by atoms with Crippen LogP contribution in [-0.4, -0.2) is 13.7 Å². The normalized spacial score (nSPS) is 13.6. The fourth-order valence-electron chi connectivity index (χ4n) is 2.70. The molecular formula is C9H24BSi-. The first-order chi connectivity index (χ1) is 4.93. The Balaban J connectivity index is 4.54. The summed E-state index contributed by atoms with van der Waals surface area (Å²) in [7, 11) is -0.874. The van der Waals surface area contributed by atoms with Crippen LogP contribution in [0.4, 0.5) is 0 Å². The minimum Gasteiger partial charge on any atom is -0.182 e. The zero-order chi connectivity index (χ0) is 9.12. The fourth-order valence-corrected chi connectivity index (χ4v) is 6.38. The third kappa shape index (κ3) is 2.11. The first-order valence-electron chi connectivity index (χ1n) is 5.13. The Bertz CT molecular complexity index is 103. The van der Waals surface area contributed by atoms with Gasteiger partial charge in [-0.05, 0) is 0 Å². The zero-order valence-corrected chi connectivity index (χ0v) is 10.2. The van der Waals surface area contributed by atoms with Gasteiger partial charge in [0, 0.05) is 5.74 Å². The summed E-state index contributed by atoms with van der Waals surface area (Å²) in [6.07, 6.45) is 4.30. The van der Waals surface area contributed by atoms with Gasteiger partial charge in [0.2, 0.25) is 0 Å². The molecule has 0 bridgehead atoms. The van der Waals surface area contributed by atoms with Crippen molar-refractivity contribution in [2.24, 2.45) is 0 Å². The van der Waals surface area contributed by atoms with E-state index in [1.54, 1.807) is 0 Å². The van der Waals surface area contributed by atoms with Crippen molar-refractivity contribution in [1.29, 1.82) is 0 Å². The Morgan fingerprint density at radius 1 is 0.818 bits per heavy atom. The highest BCUT2D eigenvalue weighted by molar-refractivity contribution is 7.41. The molecule has 0 heterocycles. The Hall–Kier alpha value is 0.282. The number of rotatable bonds is 4. The van der Waals surface area contributed by atoms with Gasteiger partial charge in [0.25, 0.3) is 0 Å². The molecule has 68 valence electrons. The molecule has 0 N–H and O–H groups in total. The maximum atomic E-state index is 2.53. The van der Waals surface area contributed by atoms with Crippen LogP contribution in [0.2, 0.25) is 38.6 Å². The summed E-state index contributed by atoms with van der Waals surface area (Å²) in [6.45, 7) is 14.7. The largest absolute Gasteiger partial charge is 0.182 e. The molecular weight excluding hydrogens is 147 g/mol. The molecule has 0 amide bonds. The lowest BCUT2D eigenvalue weighted by Crippen LogP contribution is -2.55. The van der Waals surface area contributed by atoms with E-state index in [4.69, 9.17) is 0 Å². The molecule has 2 heteroatoms. The molecule has 11 heavy (non-hydrogen) atoms. The van der Waals surface area contributed by atoms with Crippen molar-refractivity contribution in [3.05, 3.63) is 0 Å². The van der Waals surface area contributed by atoms with Gasteiger partial charge >= 0.3 is 0 Å². The van der Waals surface area contributed by atoms with Crippen molar-refractivity contribution in [3.8, 4) is 0 Å². The van der Waals surface area contributed by atoms with Crippen LogP contribution in [0.25, 0.3) is 0 Å². The van der Waals surface area contributed by atoms with Crippen molar-refractivity contribution < 1.29 is 0 Å². The zero-order valence-electron chi connectivity index (χ0n) is 9.20. The molecule has 0 aliphatic rings. The lowest BCUT2D eigenvalue weighted by atomic mass is 9.41. The van der Waals surface area contributed by atoms with Gasteiger partial charge in [-0.25, -0.2) is 0 Å². The predicted octanol–water partition coefficient (Wildman–Crippen LogP) is 3.91. The van der Waals surface area contributed by atoms with Crippen LogP contribution < -0.4 is 0 Å². The molecule has 0 aromatic heterocycles. The predicted molar refractivity (Wildman–Crippen MR) is 60.5 cm³/mol. The minimum atomic E-state index is -0.874. The topological polar surface area (TPSA) is 0 Å². The third-order valence-corrected chi connectivity index (χ3v) is 9.08. The highest BCUT2D eigenvalue weighted by atomic mass is 28.3. The summed E-state index contributed by atoms with van der Waals surface area (Å²) >= 11 is 0. The summed E-state index contributed by atoms with van der Waals surface area (Å²) < 4.78 is 0. The van der Waals surface area contributed by atoms with Crippen molar-refractivity contribution in [2.75, 3.05) is 0 Å². The van der Waals surface area contributed by atoms with Gasteiger partial charge in [0.1, 0.15) is 0 Å². The van der Waals surface area contributed by atoms with E-state index in [0.717, 1.165) is 0 Å². The second-order valence-corrected chi connectivity index (χ2v) is 11.0. The SMILES string of the molecule is CC[B-](CC)(CC)[Si](C)(C)C. The summed E-state index contributed by atoms with van der Waals surface area (Å²) in [5, 5.41) is 0. The Morgan fingerprint density at radius 3 is 1.09 bits per heavy atom. The van der Waals surface area contributed by atoms with E-state index in [-0.39, 0.29) is 5.74 Å². The van der Waals surface area contributed by atoms with Gasteiger partial charge < -0.3 is 0 Å². The molecule has 0 rings (SSSR count). The molecule has 0 aliphatic carbocycles. The fraction of sp³-hybridized carbons (Fsp3) is 1.00. The molecule has 0 radical (unpaired) electrons. The van der Waals surface area contributed by atoms with Crippen LogP contribution >= 0.6 is 0 Å². The first kappa shape index (κ1) is 11.3. The van der Waals surface area contributed by atoms with E-state index >= 15 is 0 Å². The van der Waals surface area contributed by atoms with Crippen LogP contribution in [0.1, 0.15) is 20.8 Å². The number of hydrogen-bond donors (Lipinski definition) is 0. The molecule has 0 saturated heterocycles. The molecule has 0 aromatic rings. The monoisotopic (exact) mass is 171 g/mol. The molecule has 0 nitrogen and oxygen atoms in total. The minimum absolute atomic E-state index is 0.0347. The van der Waals surface area contributed by atoms with E-state index in [9.17, 15) is 0 Å². The lowest BCUT2D eigenvalue weighted by Gasteiger charge is -2.48. The van der Waals surface area contributed by atoms with Crippen LogP contribution in [0, 0.1) is 0 Å². The van der Waals surface area contributed by atoms with E-state index in [2.05, 4.69) is 40.4 Å². The van der Waals surface area contributed by atoms with Crippen LogP contribution in [0.15, 0.2) is 0 Å². The van der Waals surface area contributed by atoms with Crippen molar-refractivity contribution >= 4 is 13.7 Å². The van der Waals surface area contributed by atoms with Gasteiger partial charge in [0.15, 0.2) is 0 Å². The lowest BCUT2D eigenvalue weighted by molar-refractivity contribution is 1.20. The third-order valence-electron chi connectivity index (χ3n) is 4.18. The maximum absolute atomic E-state index is 2.53. The first-order valence-corrected chi connectivity index (χ1v) is 8.71. The summed E-state index contributed by atoms with van der Waals surface area (Å²) in [6, 6.07) is 0. The molecule has 0 aliphatic heterocycles. The maximum Gasteiger partial charge on any atom is 0.00244 e. The summed E-state index contributed by atoms with van der Waals surface area (Å²) in [4.78, 5) is 0. The van der Waals surface area contributed by atoms with Crippen molar-refractivity contribution in [3.63, 3.8) is 0 Å². The Morgan fingerprint density at radius 2 is 1.09 bits per heavy atom. The highest BCUT2D eigenvalue weighted by Crippen LogP contribution is 2.30. The standard InChI is InChI=1S/C9H24BSi/c1-7-10(8-2,9-3)11(4,5)6/h7-9H2,1-6H3/q-1. The van der Waals surface area contributed by atoms with Gasteiger partial charge in [-0.2, -0.15) is 19.0 Å². The van der Waals surface area contributed by atoms with E-state index in [0.29, 0.717) is 0 Å². The van der Waals surface area contributed by atoms with Crippen LogP contribution in [0.3, 0.4) is 0 Å². The van der Waals surface area contributed by atoms with Crippen molar-refractivity contribution in [2.45, 2.75) is 59.4 Å². The van der Waals surface area contributed by atoms with E-state index in [1.165, 1.54) is 19.0 Å². The average molecular weight is 171 g/mol. The Kier molecular flexibility index (Phi) is 3.89. The molecule has 0 unspecified atom stereocenters. The quantitative estimate of drug-likeness (QED) is 0.562. The summed E-state index contributed by atoms with van der Waals surface area (Å²) in [5.41, 5.74) is 0.0347. The van der Waals surface area contributed by atoms with Crippen molar-refractivity contribution in [1.82, 2.24) is 0 Å². The molecule has 0 saturated carbocycles. The Labute approximate surface area is 73.6 Å². The highest BCUT2D eigenvalue weighted by Gasteiger charge is 2.31. The molecule has 0 fully saturated rings.